The maximum Gasteiger partial charge on any atom is 0.336 e. The Morgan fingerprint density at radius 3 is 2.04 bits per heavy atom. The first kappa shape index (κ1) is 19.8. The molecule has 136 valence electrons. The van der Waals surface area contributed by atoms with E-state index in [1.54, 1.807) is 5.43 Å². The van der Waals surface area contributed by atoms with Crippen molar-refractivity contribution < 1.29 is 13.2 Å². The Balaban J connectivity index is 2.62. The van der Waals surface area contributed by atoms with Gasteiger partial charge in [-0.15, -0.1) is 0 Å². The van der Waals surface area contributed by atoms with E-state index in [4.69, 9.17) is 5.84 Å². The summed E-state index contributed by atoms with van der Waals surface area (Å²) in [6, 6.07) is 0. The fraction of sp³-hybridized carbons (Fsp3) is 0.667. The first-order chi connectivity index (χ1) is 11.1. The average Bonchev–Trinajstić information content (AvgIpc) is 2.53. The summed E-state index contributed by atoms with van der Waals surface area (Å²) in [5, 5.41) is 0. The van der Waals surface area contributed by atoms with Crippen molar-refractivity contribution in [2.24, 2.45) is 19.9 Å². The number of nitrogens with one attached hydrogen (secondary N) is 1. The third-order valence-electron chi connectivity index (χ3n) is 3.46. The number of carbonyl (C=O) groups is 1. The number of amides is 1. The van der Waals surface area contributed by atoms with Gasteiger partial charge in [0.25, 0.3) is 0 Å². The lowest BCUT2D eigenvalue weighted by Gasteiger charge is -2.08. The van der Waals surface area contributed by atoms with Gasteiger partial charge >= 0.3 is 17.1 Å². The first-order valence-electron chi connectivity index (χ1n) is 7.17. The molecule has 1 heterocycles. The molecule has 0 aliphatic rings. The van der Waals surface area contributed by atoms with Crippen LogP contribution in [0.4, 0.5) is 0 Å². The van der Waals surface area contributed by atoms with Crippen LogP contribution in [0.25, 0.3) is 0 Å². The van der Waals surface area contributed by atoms with E-state index in [2.05, 4.69) is 0 Å². The van der Waals surface area contributed by atoms with E-state index >= 15 is 0 Å². The Labute approximate surface area is 137 Å². The average molecular weight is 363 g/mol. The molecule has 0 aliphatic carbocycles. The van der Waals surface area contributed by atoms with Gasteiger partial charge in [-0.1, -0.05) is 6.42 Å². The molecular weight excluding hydrogens is 342 g/mol. The molecule has 0 aromatic carbocycles. The van der Waals surface area contributed by atoms with Crippen molar-refractivity contribution in [2.45, 2.75) is 25.8 Å². The number of hydrazine groups is 1. The molecule has 24 heavy (non-hydrogen) atoms. The highest BCUT2D eigenvalue weighted by molar-refractivity contribution is 7.92. The lowest BCUT2D eigenvalue weighted by Crippen LogP contribution is -2.52. The molecule has 0 unspecified atom stereocenters. The molecule has 0 saturated carbocycles. The molecule has 0 fully saturated rings. The number of rotatable bonds is 8. The van der Waals surface area contributed by atoms with Crippen molar-refractivity contribution in [1.29, 1.82) is 0 Å². The minimum Gasteiger partial charge on any atom is -0.293 e. The highest BCUT2D eigenvalue weighted by Gasteiger charge is 2.15. The van der Waals surface area contributed by atoms with Crippen molar-refractivity contribution in [3.8, 4) is 0 Å². The van der Waals surface area contributed by atoms with Crippen LogP contribution in [0.2, 0.25) is 0 Å². The molecule has 0 spiro atoms. The molecule has 1 aromatic rings. The maximum absolute atomic E-state index is 11.9. The number of unbranched alkanes of at least 4 members (excludes halogenated alkanes) is 2. The zero-order valence-electron chi connectivity index (χ0n) is 13.5. The van der Waals surface area contributed by atoms with Gasteiger partial charge in [0.05, 0.1) is 5.75 Å². The van der Waals surface area contributed by atoms with Gasteiger partial charge in [0, 0.05) is 20.6 Å². The Morgan fingerprint density at radius 1 is 1.00 bits per heavy atom. The van der Waals surface area contributed by atoms with Gasteiger partial charge < -0.3 is 0 Å². The molecule has 0 radical (unpaired) electrons. The monoisotopic (exact) mass is 363 g/mol. The van der Waals surface area contributed by atoms with Crippen LogP contribution >= 0.6 is 0 Å². The van der Waals surface area contributed by atoms with Gasteiger partial charge in [-0.05, 0) is 12.8 Å². The fourth-order valence-corrected chi connectivity index (χ4v) is 3.38. The zero-order chi connectivity index (χ0) is 18.5. The summed E-state index contributed by atoms with van der Waals surface area (Å²) in [5.74, 6) is 3.18. The van der Waals surface area contributed by atoms with E-state index in [9.17, 15) is 27.6 Å². The molecule has 1 aromatic heterocycles. The Bertz CT molecular complexity index is 838. The Hall–Kier alpha value is -2.21. The molecule has 0 aliphatic heterocycles. The lowest BCUT2D eigenvalue weighted by atomic mass is 10.2. The van der Waals surface area contributed by atoms with Crippen LogP contribution in [-0.2, 0) is 35.3 Å². The van der Waals surface area contributed by atoms with Gasteiger partial charge in [0.2, 0.25) is 5.91 Å². The van der Waals surface area contributed by atoms with Gasteiger partial charge in [0.15, 0.2) is 9.84 Å². The van der Waals surface area contributed by atoms with Crippen LogP contribution in [0.3, 0.4) is 0 Å². The van der Waals surface area contributed by atoms with E-state index < -0.39 is 38.6 Å². The quantitative estimate of drug-likeness (QED) is 0.213. The van der Waals surface area contributed by atoms with Crippen LogP contribution < -0.4 is 28.3 Å². The lowest BCUT2D eigenvalue weighted by molar-refractivity contribution is -0.118. The zero-order valence-corrected chi connectivity index (χ0v) is 14.3. The molecule has 1 amide bonds. The van der Waals surface area contributed by atoms with Gasteiger partial charge in [-0.2, -0.15) is 0 Å². The Kier molecular flexibility index (Phi) is 6.66. The summed E-state index contributed by atoms with van der Waals surface area (Å²) in [6.45, 7) is 0.0724. The smallest absolute Gasteiger partial charge is 0.293 e. The van der Waals surface area contributed by atoms with E-state index in [0.29, 0.717) is 12.8 Å². The maximum atomic E-state index is 11.9. The Morgan fingerprint density at radius 2 is 1.54 bits per heavy atom. The summed E-state index contributed by atoms with van der Waals surface area (Å²) in [4.78, 5) is 46.3. The number of carbonyl (C=O) groups excluding carboxylic acids is 1. The van der Waals surface area contributed by atoms with Gasteiger partial charge in [-0.25, -0.2) is 42.3 Å². The molecule has 11 nitrogen and oxygen atoms in total. The predicted octanol–water partition coefficient (Wildman–Crippen LogP) is -3.18. The number of nitrogens with two attached hydrogens (primary N) is 1. The topological polar surface area (TPSA) is 155 Å². The van der Waals surface area contributed by atoms with Crippen LogP contribution in [0.15, 0.2) is 14.4 Å². The first-order valence-corrected chi connectivity index (χ1v) is 8.99. The van der Waals surface area contributed by atoms with Crippen LogP contribution in [0.1, 0.15) is 19.3 Å². The number of aromatic nitrogens is 3. The second kappa shape index (κ2) is 8.06. The highest BCUT2D eigenvalue weighted by atomic mass is 32.2. The third-order valence-corrected chi connectivity index (χ3v) is 5.07. The van der Waals surface area contributed by atoms with Crippen LogP contribution in [0, 0.1) is 0 Å². The second-order valence-electron chi connectivity index (χ2n) is 5.34. The SMILES string of the molecule is Cn1c(=O)n(C)c(=O)n(CCCCCS(=O)(=O)CC(=O)NN)c1=O. The molecule has 0 atom stereocenters. The standard InChI is InChI=1S/C12H21N5O6S/c1-15-10(19)16(2)12(21)17(11(15)20)6-4-3-5-7-24(22,23)8-9(18)14-13/h3-8,13H2,1-2H3,(H,14,18). The molecule has 0 saturated heterocycles. The van der Waals surface area contributed by atoms with Crippen molar-refractivity contribution >= 4 is 15.7 Å². The summed E-state index contributed by atoms with van der Waals surface area (Å²) >= 11 is 0. The largest absolute Gasteiger partial charge is 0.336 e. The van der Waals surface area contributed by atoms with Crippen molar-refractivity contribution in [3.63, 3.8) is 0 Å². The van der Waals surface area contributed by atoms with Crippen molar-refractivity contribution in [2.75, 3.05) is 11.5 Å². The predicted molar refractivity (Wildman–Crippen MR) is 86.0 cm³/mol. The molecule has 12 heteroatoms. The van der Waals surface area contributed by atoms with E-state index in [1.165, 1.54) is 14.1 Å². The molecular formula is C12H21N5O6S. The summed E-state index contributed by atoms with van der Waals surface area (Å²) in [5.41, 5.74) is -0.378. The van der Waals surface area contributed by atoms with Crippen LogP contribution in [0.5, 0.6) is 0 Å². The third kappa shape index (κ3) is 4.89. The van der Waals surface area contributed by atoms with E-state index in [0.717, 1.165) is 13.7 Å². The number of hydrogen-bond acceptors (Lipinski definition) is 7. The molecule has 1 rings (SSSR count). The van der Waals surface area contributed by atoms with Crippen molar-refractivity contribution in [3.05, 3.63) is 31.5 Å². The van der Waals surface area contributed by atoms with Gasteiger partial charge in [-0.3, -0.25) is 10.2 Å². The van der Waals surface area contributed by atoms with E-state index in [1.807, 2.05) is 0 Å². The van der Waals surface area contributed by atoms with E-state index in [-0.39, 0.29) is 18.7 Å². The highest BCUT2D eigenvalue weighted by Crippen LogP contribution is 2.01. The molecule has 0 bridgehead atoms. The molecule has 3 N–H and O–H groups in total. The van der Waals surface area contributed by atoms with Crippen molar-refractivity contribution in [1.82, 2.24) is 19.1 Å². The normalized spacial score (nSPS) is 11.5. The van der Waals surface area contributed by atoms with Gasteiger partial charge in [0.1, 0.15) is 5.75 Å². The minimum absolute atomic E-state index is 0.0724. The summed E-state index contributed by atoms with van der Waals surface area (Å²) in [6.07, 6.45) is 1.09. The second-order valence-corrected chi connectivity index (χ2v) is 7.52. The fourth-order valence-electron chi connectivity index (χ4n) is 2.11. The summed E-state index contributed by atoms with van der Waals surface area (Å²) < 4.78 is 25.8. The number of nitrogens with zero attached hydrogens (tertiary/aromatic N) is 3. The number of sulfone groups is 1. The minimum atomic E-state index is -3.55. The number of hydrogen-bond donors (Lipinski definition) is 2. The summed E-state index contributed by atoms with van der Waals surface area (Å²) in [7, 11) is -0.998. The van der Waals surface area contributed by atoms with Crippen LogP contribution in [-0.4, -0.2) is 39.5 Å².